The molecule has 1 aromatic heterocycles. The van der Waals surface area contributed by atoms with Gasteiger partial charge in [0.05, 0.1) is 18.4 Å². The molecule has 6 heteroatoms. The van der Waals surface area contributed by atoms with Crippen LogP contribution in [0.3, 0.4) is 0 Å². The van der Waals surface area contributed by atoms with Crippen molar-refractivity contribution in [2.75, 3.05) is 18.5 Å². The number of hydrogen-bond donors (Lipinski definition) is 1. The van der Waals surface area contributed by atoms with Crippen molar-refractivity contribution >= 4 is 5.69 Å². The maximum Gasteiger partial charge on any atom is 0.422 e. The topological polar surface area (TPSA) is 34.1 Å². The minimum atomic E-state index is -4.36. The van der Waals surface area contributed by atoms with Gasteiger partial charge in [0, 0.05) is 6.07 Å². The van der Waals surface area contributed by atoms with Crippen LogP contribution in [0, 0.1) is 12.3 Å². The van der Waals surface area contributed by atoms with Gasteiger partial charge in [-0.15, -0.1) is 6.42 Å². The zero-order chi connectivity index (χ0) is 12.0. The van der Waals surface area contributed by atoms with Gasteiger partial charge in [-0.25, -0.2) is 4.98 Å². The number of anilines is 1. The Morgan fingerprint density at radius 3 is 2.69 bits per heavy atom. The summed E-state index contributed by atoms with van der Waals surface area (Å²) in [6.45, 7) is -1.03. The largest absolute Gasteiger partial charge is 0.468 e. The number of ether oxygens (including phenoxy) is 1. The summed E-state index contributed by atoms with van der Waals surface area (Å²) in [6.07, 6.45) is 2.01. The van der Waals surface area contributed by atoms with Crippen LogP contribution in [-0.2, 0) is 0 Å². The Morgan fingerprint density at radius 1 is 1.44 bits per heavy atom. The van der Waals surface area contributed by atoms with Gasteiger partial charge >= 0.3 is 6.18 Å². The molecular formula is C10H9F3N2O. The lowest BCUT2D eigenvalue weighted by Gasteiger charge is -2.08. The first kappa shape index (κ1) is 12.2. The molecular weight excluding hydrogens is 221 g/mol. The molecule has 1 aromatic rings. The molecule has 0 saturated heterocycles. The quantitative estimate of drug-likeness (QED) is 0.804. The number of pyridine rings is 1. The Kier molecular flexibility index (Phi) is 4.00. The molecule has 0 radical (unpaired) electrons. The summed E-state index contributed by atoms with van der Waals surface area (Å²) in [5.74, 6) is 2.28. The van der Waals surface area contributed by atoms with Crippen molar-refractivity contribution < 1.29 is 17.9 Å². The molecule has 1 N–H and O–H groups in total. The van der Waals surface area contributed by atoms with E-state index in [0.717, 1.165) is 0 Å². The maximum absolute atomic E-state index is 11.8. The highest BCUT2D eigenvalue weighted by molar-refractivity contribution is 5.42. The van der Waals surface area contributed by atoms with Crippen LogP contribution in [0.1, 0.15) is 0 Å². The number of nitrogens with zero attached hydrogens (tertiary/aromatic N) is 1. The Labute approximate surface area is 90.6 Å². The highest BCUT2D eigenvalue weighted by Crippen LogP contribution is 2.17. The van der Waals surface area contributed by atoms with Gasteiger partial charge in [0.1, 0.15) is 0 Å². The highest BCUT2D eigenvalue weighted by Gasteiger charge is 2.28. The Morgan fingerprint density at radius 2 is 2.19 bits per heavy atom. The SMILES string of the molecule is C#CCNc1ccc(OCC(F)(F)F)nc1. The summed E-state index contributed by atoms with van der Waals surface area (Å²) < 4.78 is 39.8. The van der Waals surface area contributed by atoms with E-state index in [4.69, 9.17) is 6.42 Å². The molecule has 86 valence electrons. The van der Waals surface area contributed by atoms with E-state index in [0.29, 0.717) is 12.2 Å². The number of terminal acetylenes is 1. The summed E-state index contributed by atoms with van der Waals surface area (Å²) in [7, 11) is 0. The van der Waals surface area contributed by atoms with Crippen LogP contribution in [0.5, 0.6) is 5.88 Å². The molecule has 16 heavy (non-hydrogen) atoms. The number of alkyl halides is 3. The highest BCUT2D eigenvalue weighted by atomic mass is 19.4. The van der Waals surface area contributed by atoms with Gasteiger partial charge in [0.15, 0.2) is 6.61 Å². The van der Waals surface area contributed by atoms with Gasteiger partial charge in [-0.05, 0) is 6.07 Å². The molecule has 0 saturated carbocycles. The van der Waals surface area contributed by atoms with E-state index < -0.39 is 12.8 Å². The third-order valence-electron chi connectivity index (χ3n) is 1.51. The van der Waals surface area contributed by atoms with E-state index >= 15 is 0 Å². The van der Waals surface area contributed by atoms with Crippen LogP contribution in [0.25, 0.3) is 0 Å². The molecule has 0 aliphatic heterocycles. The van der Waals surface area contributed by atoms with E-state index in [-0.39, 0.29) is 5.88 Å². The fourth-order valence-corrected chi connectivity index (χ4v) is 0.879. The lowest BCUT2D eigenvalue weighted by atomic mass is 10.4. The molecule has 1 rings (SSSR count). The second-order valence-corrected chi connectivity index (χ2v) is 2.85. The lowest BCUT2D eigenvalue weighted by molar-refractivity contribution is -0.154. The van der Waals surface area contributed by atoms with Crippen molar-refractivity contribution in [2.45, 2.75) is 6.18 Å². The van der Waals surface area contributed by atoms with Crippen LogP contribution >= 0.6 is 0 Å². The van der Waals surface area contributed by atoms with Gasteiger partial charge in [-0.3, -0.25) is 0 Å². The third kappa shape index (κ3) is 4.55. The predicted octanol–water partition coefficient (Wildman–Crippen LogP) is 2.07. The Bertz CT molecular complexity index is 367. The molecule has 0 bridgehead atoms. The Hall–Kier alpha value is -1.90. The van der Waals surface area contributed by atoms with Crippen molar-refractivity contribution in [3.63, 3.8) is 0 Å². The molecule has 0 amide bonds. The number of hydrogen-bond acceptors (Lipinski definition) is 3. The van der Waals surface area contributed by atoms with Crippen LogP contribution in [0.2, 0.25) is 0 Å². The normalized spacial score (nSPS) is 10.6. The standard InChI is InChI=1S/C10H9F3N2O/c1-2-5-14-8-3-4-9(15-6-8)16-7-10(11,12)13/h1,3-4,6,14H,5,7H2. The van der Waals surface area contributed by atoms with E-state index in [1.807, 2.05) is 0 Å². The summed E-state index contributed by atoms with van der Waals surface area (Å²) in [4.78, 5) is 3.68. The first-order valence-corrected chi connectivity index (χ1v) is 4.34. The lowest BCUT2D eigenvalue weighted by Crippen LogP contribution is -2.19. The zero-order valence-electron chi connectivity index (χ0n) is 8.21. The molecule has 0 aliphatic carbocycles. The zero-order valence-corrected chi connectivity index (χ0v) is 8.21. The van der Waals surface area contributed by atoms with E-state index in [1.165, 1.54) is 18.3 Å². The van der Waals surface area contributed by atoms with Crippen LogP contribution < -0.4 is 10.1 Å². The van der Waals surface area contributed by atoms with Gasteiger partial charge in [0.2, 0.25) is 5.88 Å². The third-order valence-corrected chi connectivity index (χ3v) is 1.51. The van der Waals surface area contributed by atoms with Gasteiger partial charge in [-0.2, -0.15) is 13.2 Å². The second-order valence-electron chi connectivity index (χ2n) is 2.85. The van der Waals surface area contributed by atoms with Crippen LogP contribution in [0.4, 0.5) is 18.9 Å². The molecule has 0 atom stereocenters. The molecule has 0 aliphatic rings. The maximum atomic E-state index is 11.8. The van der Waals surface area contributed by atoms with Crippen LogP contribution in [0.15, 0.2) is 18.3 Å². The Balaban J connectivity index is 2.49. The molecule has 0 aromatic carbocycles. The number of aromatic nitrogens is 1. The second kappa shape index (κ2) is 5.26. The minimum absolute atomic E-state index is 0.0800. The summed E-state index contributed by atoms with van der Waals surface area (Å²) in [5.41, 5.74) is 0.623. The summed E-state index contributed by atoms with van der Waals surface area (Å²) >= 11 is 0. The van der Waals surface area contributed by atoms with Gasteiger partial charge in [0.25, 0.3) is 0 Å². The molecule has 0 fully saturated rings. The van der Waals surface area contributed by atoms with E-state index in [2.05, 4.69) is 21.0 Å². The first-order valence-electron chi connectivity index (χ1n) is 4.34. The number of halogens is 3. The summed E-state index contributed by atoms with van der Waals surface area (Å²) in [5, 5.41) is 2.82. The summed E-state index contributed by atoms with van der Waals surface area (Å²) in [6, 6.07) is 2.88. The van der Waals surface area contributed by atoms with Crippen molar-refractivity contribution in [2.24, 2.45) is 0 Å². The number of nitrogens with one attached hydrogen (secondary N) is 1. The van der Waals surface area contributed by atoms with E-state index in [1.54, 1.807) is 0 Å². The van der Waals surface area contributed by atoms with Gasteiger partial charge < -0.3 is 10.1 Å². The van der Waals surface area contributed by atoms with Crippen molar-refractivity contribution in [3.8, 4) is 18.2 Å². The minimum Gasteiger partial charge on any atom is -0.468 e. The first-order chi connectivity index (χ1) is 7.51. The number of rotatable bonds is 4. The smallest absolute Gasteiger partial charge is 0.422 e. The molecule has 0 unspecified atom stereocenters. The van der Waals surface area contributed by atoms with Crippen molar-refractivity contribution in [1.82, 2.24) is 4.98 Å². The average molecular weight is 230 g/mol. The molecule has 1 heterocycles. The fraction of sp³-hybridized carbons (Fsp3) is 0.300. The van der Waals surface area contributed by atoms with Crippen molar-refractivity contribution in [3.05, 3.63) is 18.3 Å². The van der Waals surface area contributed by atoms with Gasteiger partial charge in [-0.1, -0.05) is 5.92 Å². The van der Waals surface area contributed by atoms with Crippen molar-refractivity contribution in [1.29, 1.82) is 0 Å². The van der Waals surface area contributed by atoms with E-state index in [9.17, 15) is 13.2 Å². The monoisotopic (exact) mass is 230 g/mol. The molecule has 3 nitrogen and oxygen atoms in total. The predicted molar refractivity (Wildman–Crippen MR) is 53.1 cm³/mol. The average Bonchev–Trinajstić information content (AvgIpc) is 2.24. The van der Waals surface area contributed by atoms with Crippen LogP contribution in [-0.4, -0.2) is 24.3 Å². The fourth-order valence-electron chi connectivity index (χ4n) is 0.879. The molecule has 0 spiro atoms.